The number of methoxy groups -OCH3 is 1. The highest BCUT2D eigenvalue weighted by molar-refractivity contribution is 5.85. The third-order valence-electron chi connectivity index (χ3n) is 3.39. The summed E-state index contributed by atoms with van der Waals surface area (Å²) in [6.07, 6.45) is -4.77. The van der Waals surface area contributed by atoms with Gasteiger partial charge in [-0.25, -0.2) is 8.78 Å². The van der Waals surface area contributed by atoms with E-state index in [9.17, 15) is 22.0 Å². The van der Waals surface area contributed by atoms with Crippen LogP contribution in [0.1, 0.15) is 11.6 Å². The number of hydrogen-bond acceptors (Lipinski definition) is 3. The molecule has 22 heavy (non-hydrogen) atoms. The molecule has 126 valence electrons. The third kappa shape index (κ3) is 3.99. The number of rotatable bonds is 3. The molecule has 1 aromatic rings. The first-order valence-corrected chi connectivity index (χ1v) is 6.39. The molecule has 0 radical (unpaired) electrons. The van der Waals surface area contributed by atoms with Gasteiger partial charge in [-0.05, 0) is 0 Å². The van der Waals surface area contributed by atoms with Crippen molar-refractivity contribution < 1.29 is 26.7 Å². The zero-order valence-corrected chi connectivity index (χ0v) is 12.5. The Labute approximate surface area is 130 Å². The van der Waals surface area contributed by atoms with Crippen LogP contribution in [-0.4, -0.2) is 44.4 Å². The Morgan fingerprint density at radius 3 is 2.05 bits per heavy atom. The van der Waals surface area contributed by atoms with Crippen LogP contribution < -0.4 is 10.1 Å². The first-order chi connectivity index (χ1) is 9.84. The average Bonchev–Trinajstić information content (AvgIpc) is 2.42. The molecule has 1 atom stereocenters. The van der Waals surface area contributed by atoms with Gasteiger partial charge in [0, 0.05) is 38.3 Å². The molecule has 1 fully saturated rings. The molecule has 3 nitrogen and oxygen atoms in total. The van der Waals surface area contributed by atoms with E-state index in [4.69, 9.17) is 0 Å². The zero-order chi connectivity index (χ0) is 15.6. The van der Waals surface area contributed by atoms with Crippen molar-refractivity contribution in [3.8, 4) is 5.75 Å². The van der Waals surface area contributed by atoms with Gasteiger partial charge in [-0.1, -0.05) is 0 Å². The van der Waals surface area contributed by atoms with E-state index in [1.807, 2.05) is 0 Å². The number of ether oxygens (including phenoxy) is 1. The molecule has 0 saturated carbocycles. The Balaban J connectivity index is 0.00000242. The smallest absolute Gasteiger partial charge is 0.408 e. The first-order valence-electron chi connectivity index (χ1n) is 6.39. The Morgan fingerprint density at radius 1 is 1.14 bits per heavy atom. The van der Waals surface area contributed by atoms with Gasteiger partial charge in [-0.3, -0.25) is 4.90 Å². The van der Waals surface area contributed by atoms with Gasteiger partial charge >= 0.3 is 6.18 Å². The quantitative estimate of drug-likeness (QED) is 0.852. The van der Waals surface area contributed by atoms with Gasteiger partial charge in [0.25, 0.3) is 0 Å². The lowest BCUT2D eigenvalue weighted by Gasteiger charge is -2.36. The molecule has 0 amide bonds. The standard InChI is InChI=1S/C13H15F5N2O.ClH/c1-21-8-6-9(14)11(10(15)7-8)12(13(16,17)18)20-4-2-19-3-5-20;/h6-7,12,19H,2-5H2,1H3;1H/t12-;/m0./s1. The van der Waals surface area contributed by atoms with E-state index < -0.39 is 29.4 Å². The van der Waals surface area contributed by atoms with Gasteiger partial charge in [0.15, 0.2) is 0 Å². The fourth-order valence-corrected chi connectivity index (χ4v) is 2.43. The second-order valence-corrected chi connectivity index (χ2v) is 4.73. The van der Waals surface area contributed by atoms with Crippen LogP contribution in [0.15, 0.2) is 12.1 Å². The van der Waals surface area contributed by atoms with Crippen LogP contribution in [0, 0.1) is 11.6 Å². The van der Waals surface area contributed by atoms with Crippen molar-refractivity contribution >= 4 is 12.4 Å². The summed E-state index contributed by atoms with van der Waals surface area (Å²) in [5.74, 6) is -2.67. The maximum absolute atomic E-state index is 14.0. The van der Waals surface area contributed by atoms with Crippen LogP contribution in [0.2, 0.25) is 0 Å². The molecule has 0 aliphatic carbocycles. The maximum Gasteiger partial charge on any atom is 0.408 e. The molecule has 1 N–H and O–H groups in total. The van der Waals surface area contributed by atoms with Crippen LogP contribution in [0.4, 0.5) is 22.0 Å². The largest absolute Gasteiger partial charge is 0.497 e. The number of alkyl halides is 3. The summed E-state index contributed by atoms with van der Waals surface area (Å²) in [4.78, 5) is 1.03. The van der Waals surface area contributed by atoms with Gasteiger partial charge in [0.2, 0.25) is 0 Å². The average molecular weight is 347 g/mol. The number of benzene rings is 1. The van der Waals surface area contributed by atoms with Crippen LogP contribution in [0.3, 0.4) is 0 Å². The van der Waals surface area contributed by atoms with Crippen molar-refractivity contribution in [2.24, 2.45) is 0 Å². The normalized spacial score (nSPS) is 17.7. The molecule has 1 aliphatic rings. The molecule has 0 spiro atoms. The van der Waals surface area contributed by atoms with E-state index in [1.165, 1.54) is 7.11 Å². The first kappa shape index (κ1) is 18.9. The Bertz CT molecular complexity index is 483. The summed E-state index contributed by atoms with van der Waals surface area (Å²) >= 11 is 0. The summed E-state index contributed by atoms with van der Waals surface area (Å²) in [5.41, 5.74) is -0.981. The van der Waals surface area contributed by atoms with Crippen LogP contribution in [0.5, 0.6) is 5.75 Å². The molecular weight excluding hydrogens is 331 g/mol. The number of halogens is 6. The fraction of sp³-hybridized carbons (Fsp3) is 0.538. The van der Waals surface area contributed by atoms with E-state index in [0.717, 1.165) is 17.0 Å². The van der Waals surface area contributed by atoms with E-state index in [1.54, 1.807) is 0 Å². The highest BCUT2D eigenvalue weighted by Gasteiger charge is 2.47. The highest BCUT2D eigenvalue weighted by Crippen LogP contribution is 2.40. The Hall–Kier alpha value is -1.12. The molecule has 9 heteroatoms. The van der Waals surface area contributed by atoms with Crippen LogP contribution >= 0.6 is 12.4 Å². The molecular formula is C13H16ClF5N2O. The van der Waals surface area contributed by atoms with Crippen LogP contribution in [-0.2, 0) is 0 Å². The van der Waals surface area contributed by atoms with E-state index in [2.05, 4.69) is 10.1 Å². The lowest BCUT2D eigenvalue weighted by molar-refractivity contribution is -0.189. The summed E-state index contributed by atoms with van der Waals surface area (Å²) in [6.45, 7) is 0.808. The van der Waals surface area contributed by atoms with Gasteiger partial charge in [-0.2, -0.15) is 13.2 Å². The van der Waals surface area contributed by atoms with Crippen molar-refractivity contribution in [2.45, 2.75) is 12.2 Å². The second kappa shape index (κ2) is 7.43. The van der Waals surface area contributed by atoms with Crippen molar-refractivity contribution in [2.75, 3.05) is 33.3 Å². The molecule has 2 rings (SSSR count). The molecule has 0 aromatic heterocycles. The molecule has 0 unspecified atom stereocenters. The van der Waals surface area contributed by atoms with Gasteiger partial charge in [0.05, 0.1) is 12.7 Å². The summed E-state index contributed by atoms with van der Waals surface area (Å²) in [6, 6.07) is -0.774. The lowest BCUT2D eigenvalue weighted by atomic mass is 10.0. The monoisotopic (exact) mass is 346 g/mol. The minimum absolute atomic E-state index is 0. The van der Waals surface area contributed by atoms with E-state index in [0.29, 0.717) is 13.1 Å². The lowest BCUT2D eigenvalue weighted by Crippen LogP contribution is -2.49. The molecule has 1 aromatic carbocycles. The van der Waals surface area contributed by atoms with Gasteiger partial charge < -0.3 is 10.1 Å². The van der Waals surface area contributed by atoms with Crippen molar-refractivity contribution in [1.82, 2.24) is 10.2 Å². The summed E-state index contributed by atoms with van der Waals surface area (Å²) in [7, 11) is 1.19. The minimum Gasteiger partial charge on any atom is -0.497 e. The van der Waals surface area contributed by atoms with Crippen molar-refractivity contribution in [3.63, 3.8) is 0 Å². The van der Waals surface area contributed by atoms with Crippen LogP contribution in [0.25, 0.3) is 0 Å². The Kier molecular flexibility index (Phi) is 6.39. The highest BCUT2D eigenvalue weighted by atomic mass is 35.5. The van der Waals surface area contributed by atoms with E-state index >= 15 is 0 Å². The Morgan fingerprint density at radius 2 is 1.64 bits per heavy atom. The molecule has 1 heterocycles. The van der Waals surface area contributed by atoms with Crippen molar-refractivity contribution in [1.29, 1.82) is 0 Å². The van der Waals surface area contributed by atoms with Gasteiger partial charge in [0.1, 0.15) is 23.4 Å². The predicted octanol–water partition coefficient (Wildman–Crippen LogP) is 2.90. The molecule has 1 aliphatic heterocycles. The molecule has 0 bridgehead atoms. The molecule has 1 saturated heterocycles. The van der Waals surface area contributed by atoms with Crippen molar-refractivity contribution in [3.05, 3.63) is 29.3 Å². The number of hydrogen-bond donors (Lipinski definition) is 1. The predicted molar refractivity (Wildman–Crippen MR) is 73.4 cm³/mol. The topological polar surface area (TPSA) is 24.5 Å². The fourth-order valence-electron chi connectivity index (χ4n) is 2.43. The number of piperazine rings is 1. The summed E-state index contributed by atoms with van der Waals surface area (Å²) < 4.78 is 72.5. The second-order valence-electron chi connectivity index (χ2n) is 4.73. The number of nitrogens with zero attached hydrogens (tertiary/aromatic N) is 1. The van der Waals surface area contributed by atoms with E-state index in [-0.39, 0.29) is 31.2 Å². The third-order valence-corrected chi connectivity index (χ3v) is 3.39. The maximum atomic E-state index is 14.0. The zero-order valence-electron chi connectivity index (χ0n) is 11.7. The minimum atomic E-state index is -4.77. The number of nitrogens with one attached hydrogen (secondary N) is 1. The summed E-state index contributed by atoms with van der Waals surface area (Å²) in [5, 5.41) is 2.90. The van der Waals surface area contributed by atoms with Gasteiger partial charge in [-0.15, -0.1) is 12.4 Å². The SMILES string of the molecule is COc1cc(F)c([C@H](N2CCNCC2)C(F)(F)F)c(F)c1.Cl.